The van der Waals surface area contributed by atoms with Gasteiger partial charge < -0.3 is 20.4 Å². The van der Waals surface area contributed by atoms with Crippen LogP contribution in [-0.2, 0) is 28.6 Å². The molecule has 2 rings (SSSR count). The van der Waals surface area contributed by atoms with Crippen LogP contribution in [0.1, 0.15) is 11.1 Å². The van der Waals surface area contributed by atoms with E-state index in [0.29, 0.717) is 0 Å². The van der Waals surface area contributed by atoms with E-state index in [1.165, 1.54) is 24.3 Å². The Morgan fingerprint density at radius 3 is 1.19 bits per heavy atom. The fraction of sp³-hybridized carbons (Fsp3) is 0.400. The topological polar surface area (TPSA) is 168 Å². The standard InChI is InChI=1S/C20H26O10S2/c1-13-3-7-15(8-4-13)31(25,26)29-11-17(21)19(23)20(24)18(22)12-30-32(27,28)16-9-5-14(2)6-10-16/h3-10,17-24H,11-12H2,1-2H3/t17-,18-,19-,20-/m1/s1. The first kappa shape index (κ1) is 26.4. The molecule has 0 unspecified atom stereocenters. The summed E-state index contributed by atoms with van der Waals surface area (Å²) in [6.07, 6.45) is -7.92. The fourth-order valence-corrected chi connectivity index (χ4v) is 4.37. The monoisotopic (exact) mass is 490 g/mol. The van der Waals surface area contributed by atoms with Crippen molar-refractivity contribution in [3.05, 3.63) is 59.7 Å². The van der Waals surface area contributed by atoms with Crippen LogP contribution in [-0.4, -0.2) is 74.9 Å². The van der Waals surface area contributed by atoms with Gasteiger partial charge in [0, 0.05) is 0 Å². The summed E-state index contributed by atoms with van der Waals surface area (Å²) in [5, 5.41) is 39.9. The molecule has 32 heavy (non-hydrogen) atoms. The molecule has 2 aromatic carbocycles. The number of rotatable bonds is 11. The molecule has 0 amide bonds. The lowest BCUT2D eigenvalue weighted by atomic mass is 10.0. The molecule has 10 nitrogen and oxygen atoms in total. The third-order valence-corrected chi connectivity index (χ3v) is 7.14. The van der Waals surface area contributed by atoms with E-state index in [2.05, 4.69) is 0 Å². The Hall–Kier alpha value is -1.90. The average molecular weight is 491 g/mol. The zero-order valence-corrected chi connectivity index (χ0v) is 19.0. The average Bonchev–Trinajstić information content (AvgIpc) is 2.75. The van der Waals surface area contributed by atoms with Crippen LogP contribution in [0.2, 0.25) is 0 Å². The highest BCUT2D eigenvalue weighted by Crippen LogP contribution is 2.17. The van der Waals surface area contributed by atoms with Crippen LogP contribution in [0.3, 0.4) is 0 Å². The van der Waals surface area contributed by atoms with Gasteiger partial charge in [0.05, 0.1) is 23.0 Å². The normalized spacial score (nSPS) is 16.3. The Labute approximate surface area is 186 Å². The first-order valence-electron chi connectivity index (χ1n) is 9.48. The predicted octanol–water partition coefficient (Wildman–Crippen LogP) is -0.142. The number of hydrogen-bond acceptors (Lipinski definition) is 10. The second-order valence-electron chi connectivity index (χ2n) is 7.22. The number of benzene rings is 2. The van der Waals surface area contributed by atoms with Crippen LogP contribution >= 0.6 is 0 Å². The van der Waals surface area contributed by atoms with Crippen molar-refractivity contribution in [1.82, 2.24) is 0 Å². The lowest BCUT2D eigenvalue weighted by Gasteiger charge is -2.26. The third-order valence-electron chi connectivity index (χ3n) is 4.55. The summed E-state index contributed by atoms with van der Waals surface area (Å²) < 4.78 is 57.9. The molecule has 0 aliphatic rings. The van der Waals surface area contributed by atoms with Crippen molar-refractivity contribution in [1.29, 1.82) is 0 Å². The highest BCUT2D eigenvalue weighted by Gasteiger charge is 2.33. The molecule has 0 aliphatic heterocycles. The maximum atomic E-state index is 12.1. The Kier molecular flexibility index (Phi) is 8.90. The first-order chi connectivity index (χ1) is 14.8. The van der Waals surface area contributed by atoms with Gasteiger partial charge in [-0.3, -0.25) is 8.37 Å². The highest BCUT2D eigenvalue weighted by atomic mass is 32.2. The first-order valence-corrected chi connectivity index (χ1v) is 12.3. The summed E-state index contributed by atoms with van der Waals surface area (Å²) in [4.78, 5) is -0.333. The van der Waals surface area contributed by atoms with Crippen molar-refractivity contribution in [3.8, 4) is 0 Å². The van der Waals surface area contributed by atoms with Crippen LogP contribution in [0.4, 0.5) is 0 Å². The van der Waals surface area contributed by atoms with Crippen molar-refractivity contribution in [2.24, 2.45) is 0 Å². The zero-order chi connectivity index (χ0) is 24.1. The van der Waals surface area contributed by atoms with E-state index in [9.17, 15) is 37.3 Å². The lowest BCUT2D eigenvalue weighted by molar-refractivity contribution is -0.118. The minimum Gasteiger partial charge on any atom is -0.388 e. The van der Waals surface area contributed by atoms with E-state index < -0.39 is 57.9 Å². The van der Waals surface area contributed by atoms with Crippen molar-refractivity contribution in [2.75, 3.05) is 13.2 Å². The van der Waals surface area contributed by atoms with Crippen molar-refractivity contribution in [3.63, 3.8) is 0 Å². The third kappa shape index (κ3) is 7.05. The SMILES string of the molecule is Cc1ccc(S(=O)(=O)OC[C@@H](O)[C@@H](O)[C@H](O)[C@H](O)COS(=O)(=O)c2ccc(C)cc2)cc1. The second-order valence-corrected chi connectivity index (χ2v) is 10.4. The summed E-state index contributed by atoms with van der Waals surface area (Å²) in [5.74, 6) is 0. The van der Waals surface area contributed by atoms with Crippen LogP contribution in [0.25, 0.3) is 0 Å². The minimum atomic E-state index is -4.23. The highest BCUT2D eigenvalue weighted by molar-refractivity contribution is 7.87. The van der Waals surface area contributed by atoms with E-state index in [0.717, 1.165) is 11.1 Å². The molecule has 0 spiro atoms. The molecule has 0 aromatic heterocycles. The summed E-state index contributed by atoms with van der Waals surface area (Å²) in [6, 6.07) is 11.4. The van der Waals surface area contributed by atoms with Crippen LogP contribution in [0, 0.1) is 13.8 Å². The molecule has 12 heteroatoms. The summed E-state index contributed by atoms with van der Waals surface area (Å²) in [5.41, 5.74) is 1.64. The molecule has 0 radical (unpaired) electrons. The van der Waals surface area contributed by atoms with Gasteiger partial charge in [-0.05, 0) is 38.1 Å². The van der Waals surface area contributed by atoms with Crippen LogP contribution in [0.5, 0.6) is 0 Å². The smallest absolute Gasteiger partial charge is 0.297 e. The van der Waals surface area contributed by atoms with Gasteiger partial charge in [0.2, 0.25) is 0 Å². The number of aliphatic hydroxyl groups is 4. The largest absolute Gasteiger partial charge is 0.388 e. The quantitative estimate of drug-likeness (QED) is 0.311. The molecule has 0 saturated carbocycles. The van der Waals surface area contributed by atoms with Gasteiger partial charge in [0.25, 0.3) is 20.2 Å². The Morgan fingerprint density at radius 2 is 0.906 bits per heavy atom. The maximum absolute atomic E-state index is 12.1. The van der Waals surface area contributed by atoms with E-state index in [-0.39, 0.29) is 9.79 Å². The predicted molar refractivity (Wildman–Crippen MR) is 113 cm³/mol. The molecule has 2 aromatic rings. The van der Waals surface area contributed by atoms with E-state index in [4.69, 9.17) is 8.37 Å². The summed E-state index contributed by atoms with van der Waals surface area (Å²) in [7, 11) is -8.47. The van der Waals surface area contributed by atoms with E-state index in [1.54, 1.807) is 38.1 Å². The molecule has 0 fully saturated rings. The molecular formula is C20H26O10S2. The Morgan fingerprint density at radius 1 is 0.625 bits per heavy atom. The molecule has 0 bridgehead atoms. The van der Waals surface area contributed by atoms with Crippen LogP contribution in [0.15, 0.2) is 58.3 Å². The zero-order valence-electron chi connectivity index (χ0n) is 17.4. The van der Waals surface area contributed by atoms with Gasteiger partial charge in [-0.2, -0.15) is 16.8 Å². The molecule has 178 valence electrons. The summed E-state index contributed by atoms with van der Waals surface area (Å²) >= 11 is 0. The Balaban J connectivity index is 1.91. The molecule has 0 heterocycles. The van der Waals surface area contributed by atoms with Gasteiger partial charge in [-0.15, -0.1) is 0 Å². The van der Waals surface area contributed by atoms with E-state index >= 15 is 0 Å². The van der Waals surface area contributed by atoms with Crippen molar-refractivity contribution < 1.29 is 45.6 Å². The number of aryl methyl sites for hydroxylation is 2. The van der Waals surface area contributed by atoms with Crippen molar-refractivity contribution >= 4 is 20.2 Å². The minimum absolute atomic E-state index is 0.167. The maximum Gasteiger partial charge on any atom is 0.297 e. The molecular weight excluding hydrogens is 464 g/mol. The number of hydrogen-bond donors (Lipinski definition) is 4. The lowest BCUT2D eigenvalue weighted by Crippen LogP contribution is -2.48. The molecule has 0 saturated heterocycles. The molecule has 4 N–H and O–H groups in total. The molecule has 0 aliphatic carbocycles. The number of aliphatic hydroxyl groups excluding tert-OH is 4. The fourth-order valence-electron chi connectivity index (χ4n) is 2.52. The van der Waals surface area contributed by atoms with E-state index in [1.807, 2.05) is 0 Å². The van der Waals surface area contributed by atoms with Crippen molar-refractivity contribution in [2.45, 2.75) is 48.1 Å². The summed E-state index contributed by atoms with van der Waals surface area (Å²) in [6.45, 7) is 1.70. The molecule has 4 atom stereocenters. The van der Waals surface area contributed by atoms with Crippen LogP contribution < -0.4 is 0 Å². The van der Waals surface area contributed by atoms with Gasteiger partial charge in [-0.25, -0.2) is 0 Å². The second kappa shape index (κ2) is 10.8. The van der Waals surface area contributed by atoms with Gasteiger partial charge >= 0.3 is 0 Å². The van der Waals surface area contributed by atoms with Gasteiger partial charge in [0.1, 0.15) is 24.4 Å². The Bertz CT molecular complexity index is 991. The van der Waals surface area contributed by atoms with Gasteiger partial charge in [0.15, 0.2) is 0 Å². The van der Waals surface area contributed by atoms with Gasteiger partial charge in [-0.1, -0.05) is 35.4 Å².